The van der Waals surface area contributed by atoms with Gasteiger partial charge in [0.1, 0.15) is 5.82 Å². The van der Waals surface area contributed by atoms with Gasteiger partial charge in [-0.1, -0.05) is 29.5 Å². The van der Waals surface area contributed by atoms with Gasteiger partial charge in [0.05, 0.1) is 30.2 Å². The van der Waals surface area contributed by atoms with Crippen LogP contribution in [0.15, 0.2) is 39.7 Å². The van der Waals surface area contributed by atoms with E-state index >= 15 is 0 Å². The maximum Gasteiger partial charge on any atom is 0.311 e. The van der Waals surface area contributed by atoms with Gasteiger partial charge >= 0.3 is 5.97 Å². The molecule has 0 spiro atoms. The van der Waals surface area contributed by atoms with Gasteiger partial charge in [-0.05, 0) is 26.0 Å². The number of rotatable bonds is 10. The fourth-order valence-corrected chi connectivity index (χ4v) is 4.80. The van der Waals surface area contributed by atoms with Gasteiger partial charge in [0.2, 0.25) is 5.91 Å². The van der Waals surface area contributed by atoms with Crippen molar-refractivity contribution in [3.8, 4) is 0 Å². The molecule has 31 heavy (non-hydrogen) atoms. The quantitative estimate of drug-likeness (QED) is 0.349. The highest BCUT2D eigenvalue weighted by atomic mass is 32.2. The standard InChI is InChI=1S/C20H23N5O3S3/c1-4-28-18(27)9-14-10-30-19(21-14)22-17(26)12-31-20-24-23-16(25(20)3)11-29-15-7-5-13(2)6-8-15/h5-8,10H,4,9,11-12H2,1-3H3,(H,21,22,26). The zero-order valence-electron chi connectivity index (χ0n) is 17.5. The van der Waals surface area contributed by atoms with E-state index in [1.54, 1.807) is 24.1 Å². The van der Waals surface area contributed by atoms with Crippen molar-refractivity contribution in [2.24, 2.45) is 7.05 Å². The predicted molar refractivity (Wildman–Crippen MR) is 124 cm³/mol. The Morgan fingerprint density at radius 3 is 2.71 bits per heavy atom. The SMILES string of the molecule is CCOC(=O)Cc1csc(NC(=O)CSc2nnc(CSc3ccc(C)cc3)n2C)n1. The number of nitrogens with one attached hydrogen (secondary N) is 1. The monoisotopic (exact) mass is 477 g/mol. The van der Waals surface area contributed by atoms with Crippen LogP contribution in [-0.2, 0) is 33.5 Å². The minimum Gasteiger partial charge on any atom is -0.466 e. The van der Waals surface area contributed by atoms with Crippen molar-refractivity contribution in [2.75, 3.05) is 17.7 Å². The maximum absolute atomic E-state index is 12.3. The second-order valence-electron chi connectivity index (χ2n) is 6.52. The van der Waals surface area contributed by atoms with Gasteiger partial charge in [-0.25, -0.2) is 4.98 Å². The van der Waals surface area contributed by atoms with Crippen LogP contribution in [-0.4, -0.2) is 44.0 Å². The number of esters is 1. The highest BCUT2D eigenvalue weighted by molar-refractivity contribution is 7.99. The molecule has 11 heteroatoms. The third kappa shape index (κ3) is 7.08. The van der Waals surface area contributed by atoms with Crippen molar-refractivity contribution in [2.45, 2.75) is 36.1 Å². The van der Waals surface area contributed by atoms with E-state index in [9.17, 15) is 9.59 Å². The number of carbonyl (C=O) groups is 2. The number of nitrogens with zero attached hydrogens (tertiary/aromatic N) is 4. The number of thioether (sulfide) groups is 2. The second kappa shape index (κ2) is 11.3. The lowest BCUT2D eigenvalue weighted by molar-refractivity contribution is -0.142. The number of carbonyl (C=O) groups excluding carboxylic acids is 2. The lowest BCUT2D eigenvalue weighted by atomic mass is 10.2. The molecule has 0 radical (unpaired) electrons. The normalized spacial score (nSPS) is 10.8. The topological polar surface area (TPSA) is 99.0 Å². The Balaban J connectivity index is 1.46. The average molecular weight is 478 g/mol. The number of hydrogen-bond donors (Lipinski definition) is 1. The molecule has 1 amide bonds. The molecule has 8 nitrogen and oxygen atoms in total. The maximum atomic E-state index is 12.3. The fourth-order valence-electron chi connectivity index (χ4n) is 2.47. The minimum absolute atomic E-state index is 0.0945. The van der Waals surface area contributed by atoms with Crippen molar-refractivity contribution in [1.29, 1.82) is 0 Å². The molecule has 0 aliphatic heterocycles. The van der Waals surface area contributed by atoms with Gasteiger partial charge in [0, 0.05) is 17.3 Å². The number of ether oxygens (including phenoxy) is 1. The molecule has 0 aliphatic carbocycles. The molecule has 0 saturated carbocycles. The highest BCUT2D eigenvalue weighted by Gasteiger charge is 2.14. The molecule has 0 aliphatic rings. The Kier molecular flexibility index (Phi) is 8.50. The predicted octanol–water partition coefficient (Wildman–Crippen LogP) is 3.71. The summed E-state index contributed by atoms with van der Waals surface area (Å²) in [6.45, 7) is 4.15. The van der Waals surface area contributed by atoms with Crippen LogP contribution in [0.2, 0.25) is 0 Å². The Labute approximate surface area is 193 Å². The van der Waals surface area contributed by atoms with Crippen molar-refractivity contribution < 1.29 is 14.3 Å². The van der Waals surface area contributed by atoms with Gasteiger partial charge in [0.25, 0.3) is 0 Å². The number of benzene rings is 1. The first kappa shape index (κ1) is 23.3. The zero-order valence-corrected chi connectivity index (χ0v) is 19.9. The molecular weight excluding hydrogens is 454 g/mol. The summed E-state index contributed by atoms with van der Waals surface area (Å²) < 4.78 is 6.81. The first-order chi connectivity index (χ1) is 14.9. The van der Waals surface area contributed by atoms with Crippen molar-refractivity contribution in [1.82, 2.24) is 19.7 Å². The van der Waals surface area contributed by atoms with Crippen LogP contribution in [0.5, 0.6) is 0 Å². The van der Waals surface area contributed by atoms with E-state index in [1.807, 2.05) is 11.6 Å². The van der Waals surface area contributed by atoms with Crippen LogP contribution in [0, 0.1) is 6.92 Å². The van der Waals surface area contributed by atoms with Crippen LogP contribution in [0.25, 0.3) is 0 Å². The van der Waals surface area contributed by atoms with Crippen LogP contribution in [0.3, 0.4) is 0 Å². The summed E-state index contributed by atoms with van der Waals surface area (Å²) in [5, 5.41) is 14.1. The molecule has 0 unspecified atom stereocenters. The lowest BCUT2D eigenvalue weighted by Crippen LogP contribution is -2.14. The van der Waals surface area contributed by atoms with Crippen LogP contribution in [0.1, 0.15) is 24.0 Å². The Morgan fingerprint density at radius 2 is 1.97 bits per heavy atom. The largest absolute Gasteiger partial charge is 0.466 e. The van der Waals surface area contributed by atoms with Gasteiger partial charge in [0.15, 0.2) is 10.3 Å². The van der Waals surface area contributed by atoms with Gasteiger partial charge in [-0.15, -0.1) is 33.3 Å². The van der Waals surface area contributed by atoms with Gasteiger partial charge in [-0.2, -0.15) is 0 Å². The van der Waals surface area contributed by atoms with E-state index in [0.717, 1.165) is 5.82 Å². The molecule has 1 N–H and O–H groups in total. The summed E-state index contributed by atoms with van der Waals surface area (Å²) in [7, 11) is 1.90. The number of anilines is 1. The smallest absolute Gasteiger partial charge is 0.311 e. The molecule has 1 aromatic carbocycles. The molecule has 0 bridgehead atoms. The van der Waals surface area contributed by atoms with Crippen LogP contribution < -0.4 is 5.32 Å². The number of aromatic nitrogens is 4. The fraction of sp³-hybridized carbons (Fsp3) is 0.350. The Bertz CT molecular complexity index is 1030. The number of hydrogen-bond acceptors (Lipinski definition) is 9. The van der Waals surface area contributed by atoms with Gasteiger partial charge < -0.3 is 14.6 Å². The summed E-state index contributed by atoms with van der Waals surface area (Å²) in [6.07, 6.45) is 0.0945. The molecule has 3 rings (SSSR count). The first-order valence-corrected chi connectivity index (χ1v) is 12.4. The molecule has 2 aromatic heterocycles. The molecule has 0 atom stereocenters. The molecule has 0 saturated heterocycles. The molecule has 3 aromatic rings. The van der Waals surface area contributed by atoms with E-state index in [4.69, 9.17) is 4.74 Å². The van der Waals surface area contributed by atoms with E-state index in [-0.39, 0.29) is 24.1 Å². The van der Waals surface area contributed by atoms with Crippen LogP contribution >= 0.6 is 34.9 Å². The summed E-state index contributed by atoms with van der Waals surface area (Å²) >= 11 is 4.28. The summed E-state index contributed by atoms with van der Waals surface area (Å²) in [5.74, 6) is 1.20. The molecule has 0 fully saturated rings. The summed E-state index contributed by atoms with van der Waals surface area (Å²) in [6, 6.07) is 8.35. The van der Waals surface area contributed by atoms with Crippen LogP contribution in [0.4, 0.5) is 5.13 Å². The summed E-state index contributed by atoms with van der Waals surface area (Å²) in [4.78, 5) is 29.2. The average Bonchev–Trinajstić information content (AvgIpc) is 3.32. The lowest BCUT2D eigenvalue weighted by Gasteiger charge is -2.04. The number of aryl methyl sites for hydroxylation is 1. The Morgan fingerprint density at radius 1 is 1.19 bits per heavy atom. The van der Waals surface area contributed by atoms with Crippen molar-refractivity contribution >= 4 is 51.9 Å². The minimum atomic E-state index is -0.333. The van der Waals surface area contributed by atoms with E-state index in [2.05, 4.69) is 51.7 Å². The Hall–Kier alpha value is -2.37. The van der Waals surface area contributed by atoms with Crippen molar-refractivity contribution in [3.05, 3.63) is 46.7 Å². The third-order valence-electron chi connectivity index (χ3n) is 4.08. The van der Waals surface area contributed by atoms with Crippen molar-refractivity contribution in [3.63, 3.8) is 0 Å². The van der Waals surface area contributed by atoms with E-state index in [0.29, 0.717) is 28.3 Å². The van der Waals surface area contributed by atoms with E-state index in [1.165, 1.54) is 33.6 Å². The van der Waals surface area contributed by atoms with Gasteiger partial charge in [-0.3, -0.25) is 9.59 Å². The first-order valence-electron chi connectivity index (χ1n) is 9.55. The summed E-state index contributed by atoms with van der Waals surface area (Å²) in [5.41, 5.74) is 1.81. The third-order valence-corrected chi connectivity index (χ3v) is 6.91. The number of thiazole rings is 1. The molecular formula is C20H23N5O3S3. The van der Waals surface area contributed by atoms with E-state index < -0.39 is 0 Å². The zero-order chi connectivity index (χ0) is 22.2. The number of amides is 1. The molecule has 2 heterocycles. The second-order valence-corrected chi connectivity index (χ2v) is 9.37. The molecule has 164 valence electrons. The highest BCUT2D eigenvalue weighted by Crippen LogP contribution is 2.24.